The monoisotopic (exact) mass is 423 g/mol. The highest BCUT2D eigenvalue weighted by Gasteiger charge is 2.56. The highest BCUT2D eigenvalue weighted by Crippen LogP contribution is 2.45. The van der Waals surface area contributed by atoms with Gasteiger partial charge in [0.15, 0.2) is 5.60 Å². The number of hydrogen-bond acceptors (Lipinski definition) is 2. The average molecular weight is 423 g/mol. The molecule has 1 atom stereocenters. The Labute approximate surface area is 172 Å². The molecule has 2 aromatic carbocycles. The molecule has 1 heterocycles. The van der Waals surface area contributed by atoms with E-state index in [0.29, 0.717) is 5.69 Å². The number of benzene rings is 2. The highest BCUT2D eigenvalue weighted by molar-refractivity contribution is 5.81. The van der Waals surface area contributed by atoms with Crippen LogP contribution in [0.1, 0.15) is 31.5 Å². The van der Waals surface area contributed by atoms with Gasteiger partial charge in [0.2, 0.25) is 0 Å². The van der Waals surface area contributed by atoms with Crippen LogP contribution in [0.2, 0.25) is 0 Å². The quantitative estimate of drug-likeness (QED) is 0.529. The van der Waals surface area contributed by atoms with Crippen LogP contribution in [0, 0.1) is 5.82 Å². The Kier molecular flexibility index (Phi) is 5.62. The largest absolute Gasteiger partial charge is 0.496 e. The normalized spacial score (nSPS) is 14.7. The number of rotatable bonds is 6. The first-order chi connectivity index (χ1) is 13.9. The second-order valence-corrected chi connectivity index (χ2v) is 8.36. The molecule has 3 rings (SSSR count). The lowest BCUT2D eigenvalue weighted by molar-refractivity contribution is -0.266. The van der Waals surface area contributed by atoms with Crippen molar-refractivity contribution in [1.82, 2.24) is 4.57 Å². The number of aryl methyl sites for hydroxylation is 1. The minimum atomic E-state index is -4.89. The van der Waals surface area contributed by atoms with Crippen molar-refractivity contribution in [2.24, 2.45) is 7.05 Å². The highest BCUT2D eigenvalue weighted by atomic mass is 19.4. The van der Waals surface area contributed by atoms with Gasteiger partial charge < -0.3 is 14.4 Å². The molecule has 0 fully saturated rings. The molecule has 1 N–H and O–H groups in total. The molecule has 0 saturated heterocycles. The molecule has 1 aromatic heterocycles. The summed E-state index contributed by atoms with van der Waals surface area (Å²) in [6, 6.07) is 12.6. The summed E-state index contributed by atoms with van der Waals surface area (Å²) in [6.07, 6.45) is -6.17. The van der Waals surface area contributed by atoms with Crippen LogP contribution in [0.5, 0.6) is 5.75 Å². The standard InChI is InChI=1S/C23H25F4NO2/c1-21(2,18-12-16(24)9-10-20(18)30-4)14-22(29,23(25,26)27)13-17-11-15-7-5-6-8-19(15)28(17)3/h5-12,29H,13-14H2,1-4H3. The Hall–Kier alpha value is -2.54. The van der Waals surface area contributed by atoms with Gasteiger partial charge in [0.1, 0.15) is 11.6 Å². The summed E-state index contributed by atoms with van der Waals surface area (Å²) < 4.78 is 63.1. The molecule has 0 saturated carbocycles. The smallest absolute Gasteiger partial charge is 0.417 e. The average Bonchev–Trinajstić information content (AvgIpc) is 2.96. The van der Waals surface area contributed by atoms with Gasteiger partial charge in [-0.25, -0.2) is 4.39 Å². The molecule has 0 spiro atoms. The number of ether oxygens (including phenoxy) is 1. The summed E-state index contributed by atoms with van der Waals surface area (Å²) in [5.74, 6) is -0.307. The third-order valence-corrected chi connectivity index (χ3v) is 5.68. The van der Waals surface area contributed by atoms with E-state index in [1.807, 2.05) is 12.1 Å². The fraction of sp³-hybridized carbons (Fsp3) is 0.391. The minimum absolute atomic E-state index is 0.268. The van der Waals surface area contributed by atoms with Gasteiger partial charge in [-0.1, -0.05) is 32.0 Å². The van der Waals surface area contributed by atoms with Gasteiger partial charge in [-0.05, 0) is 47.6 Å². The number of aliphatic hydroxyl groups is 1. The number of fused-ring (bicyclic) bond motifs is 1. The third kappa shape index (κ3) is 4.03. The van der Waals surface area contributed by atoms with Gasteiger partial charge in [0.05, 0.1) is 7.11 Å². The molecule has 30 heavy (non-hydrogen) atoms. The summed E-state index contributed by atoms with van der Waals surface area (Å²) in [6.45, 7) is 3.09. The summed E-state index contributed by atoms with van der Waals surface area (Å²) in [7, 11) is 3.05. The van der Waals surface area contributed by atoms with Crippen LogP contribution in [-0.2, 0) is 18.9 Å². The Morgan fingerprint density at radius 3 is 2.30 bits per heavy atom. The SMILES string of the molecule is COc1ccc(F)cc1C(C)(C)CC(O)(Cc1cc2ccccc2n1C)C(F)(F)F. The Morgan fingerprint density at radius 2 is 1.70 bits per heavy atom. The zero-order chi connectivity index (χ0) is 22.3. The molecule has 7 heteroatoms. The Bertz CT molecular complexity index is 1060. The lowest BCUT2D eigenvalue weighted by Gasteiger charge is -2.38. The van der Waals surface area contributed by atoms with Crippen molar-refractivity contribution in [2.45, 2.75) is 43.9 Å². The van der Waals surface area contributed by atoms with Gasteiger partial charge in [-0.2, -0.15) is 13.2 Å². The van der Waals surface area contributed by atoms with E-state index in [0.717, 1.165) is 17.0 Å². The first kappa shape index (κ1) is 22.2. The topological polar surface area (TPSA) is 34.4 Å². The summed E-state index contributed by atoms with van der Waals surface area (Å²) in [4.78, 5) is 0. The van der Waals surface area contributed by atoms with Crippen LogP contribution in [0.25, 0.3) is 10.9 Å². The van der Waals surface area contributed by atoms with Crippen LogP contribution in [0.3, 0.4) is 0 Å². The van der Waals surface area contributed by atoms with E-state index in [1.165, 1.54) is 19.2 Å². The zero-order valence-electron chi connectivity index (χ0n) is 17.3. The minimum Gasteiger partial charge on any atom is -0.496 e. The van der Waals surface area contributed by atoms with Crippen LogP contribution >= 0.6 is 0 Å². The van der Waals surface area contributed by atoms with E-state index in [1.54, 1.807) is 43.7 Å². The number of nitrogens with zero attached hydrogens (tertiary/aromatic N) is 1. The molecular formula is C23H25F4NO2. The molecule has 0 aliphatic rings. The maximum Gasteiger partial charge on any atom is 0.417 e. The summed E-state index contributed by atoms with van der Waals surface area (Å²) in [5, 5.41) is 11.7. The van der Waals surface area contributed by atoms with Gasteiger partial charge in [0, 0.05) is 30.2 Å². The number of alkyl halides is 3. The van der Waals surface area contributed by atoms with Crippen molar-refractivity contribution >= 4 is 10.9 Å². The fourth-order valence-electron chi connectivity index (χ4n) is 4.11. The van der Waals surface area contributed by atoms with Gasteiger partial charge >= 0.3 is 6.18 Å². The van der Waals surface area contributed by atoms with Gasteiger partial charge in [-0.3, -0.25) is 0 Å². The summed E-state index contributed by atoms with van der Waals surface area (Å²) in [5.41, 5.74) is -2.83. The molecule has 0 aliphatic carbocycles. The van der Waals surface area contributed by atoms with E-state index < -0.39 is 35.9 Å². The lowest BCUT2D eigenvalue weighted by atomic mass is 9.73. The van der Waals surface area contributed by atoms with Crippen molar-refractivity contribution in [2.75, 3.05) is 7.11 Å². The number of hydrogen-bond donors (Lipinski definition) is 1. The molecule has 162 valence electrons. The predicted molar refractivity (Wildman–Crippen MR) is 108 cm³/mol. The Balaban J connectivity index is 2.03. The first-order valence-electron chi connectivity index (χ1n) is 9.54. The fourth-order valence-corrected chi connectivity index (χ4v) is 4.11. The van der Waals surface area contributed by atoms with Crippen molar-refractivity contribution in [3.8, 4) is 5.75 Å². The van der Waals surface area contributed by atoms with Crippen molar-refractivity contribution < 1.29 is 27.4 Å². The maximum absolute atomic E-state index is 14.1. The maximum atomic E-state index is 14.1. The first-order valence-corrected chi connectivity index (χ1v) is 9.54. The van der Waals surface area contributed by atoms with E-state index >= 15 is 0 Å². The predicted octanol–water partition coefficient (Wildman–Crippen LogP) is 5.53. The molecule has 0 bridgehead atoms. The number of aromatic nitrogens is 1. The molecule has 3 nitrogen and oxygen atoms in total. The van der Waals surface area contributed by atoms with Crippen molar-refractivity contribution in [3.05, 3.63) is 65.6 Å². The van der Waals surface area contributed by atoms with Crippen molar-refractivity contribution in [3.63, 3.8) is 0 Å². The Morgan fingerprint density at radius 1 is 1.03 bits per heavy atom. The van der Waals surface area contributed by atoms with Gasteiger partial charge in [0.25, 0.3) is 0 Å². The van der Waals surface area contributed by atoms with Gasteiger partial charge in [-0.15, -0.1) is 0 Å². The van der Waals surface area contributed by atoms with Crippen LogP contribution in [-0.4, -0.2) is 28.6 Å². The summed E-state index contributed by atoms with van der Waals surface area (Å²) >= 11 is 0. The van der Waals surface area contributed by atoms with Crippen LogP contribution < -0.4 is 4.74 Å². The third-order valence-electron chi connectivity index (χ3n) is 5.68. The number of halogens is 4. The molecular weight excluding hydrogens is 398 g/mol. The van der Waals surface area contributed by atoms with E-state index in [-0.39, 0.29) is 11.3 Å². The zero-order valence-corrected chi connectivity index (χ0v) is 17.3. The second-order valence-electron chi connectivity index (χ2n) is 8.36. The van der Waals surface area contributed by atoms with Crippen LogP contribution in [0.4, 0.5) is 17.6 Å². The van der Waals surface area contributed by atoms with Crippen molar-refractivity contribution in [1.29, 1.82) is 0 Å². The second kappa shape index (κ2) is 7.61. The molecule has 1 unspecified atom stereocenters. The molecule has 0 radical (unpaired) electrons. The lowest BCUT2D eigenvalue weighted by Crippen LogP contribution is -2.51. The molecule has 0 aliphatic heterocycles. The molecule has 0 amide bonds. The van der Waals surface area contributed by atoms with E-state index in [2.05, 4.69) is 0 Å². The number of para-hydroxylation sites is 1. The van der Waals surface area contributed by atoms with E-state index in [4.69, 9.17) is 4.74 Å². The van der Waals surface area contributed by atoms with Crippen LogP contribution in [0.15, 0.2) is 48.5 Å². The van der Waals surface area contributed by atoms with E-state index in [9.17, 15) is 22.7 Å². The molecule has 3 aromatic rings. The number of methoxy groups -OCH3 is 1.